The highest BCUT2D eigenvalue weighted by Gasteiger charge is 2.16. The zero-order valence-corrected chi connectivity index (χ0v) is 10.5. The van der Waals surface area contributed by atoms with Gasteiger partial charge in [-0.15, -0.1) is 0 Å². The second-order valence-corrected chi connectivity index (χ2v) is 4.10. The standard InChI is InChI=1S/C16H13NO2/c1-18-16-13-9-5-6-10-14(13)19-15(11-17-16)12-7-3-2-4-8-12/h2-11H,1H3. The van der Waals surface area contributed by atoms with Crippen molar-refractivity contribution in [1.82, 2.24) is 0 Å². The van der Waals surface area contributed by atoms with Crippen LogP contribution in [-0.4, -0.2) is 13.0 Å². The van der Waals surface area contributed by atoms with Gasteiger partial charge in [0.2, 0.25) is 5.90 Å². The molecule has 0 aliphatic carbocycles. The molecule has 0 unspecified atom stereocenters. The third-order valence-electron chi connectivity index (χ3n) is 2.89. The minimum Gasteiger partial charge on any atom is -0.480 e. The van der Waals surface area contributed by atoms with Gasteiger partial charge in [0.15, 0.2) is 5.76 Å². The molecule has 3 heteroatoms. The molecule has 0 N–H and O–H groups in total. The van der Waals surface area contributed by atoms with Crippen molar-refractivity contribution in [3.8, 4) is 5.75 Å². The summed E-state index contributed by atoms with van der Waals surface area (Å²) in [5, 5.41) is 0. The molecule has 0 bridgehead atoms. The molecule has 0 saturated carbocycles. The highest BCUT2D eigenvalue weighted by atomic mass is 16.5. The van der Waals surface area contributed by atoms with Crippen molar-refractivity contribution in [3.63, 3.8) is 0 Å². The molecule has 1 aliphatic heterocycles. The van der Waals surface area contributed by atoms with E-state index in [0.29, 0.717) is 11.7 Å². The molecule has 0 amide bonds. The van der Waals surface area contributed by atoms with Crippen LogP contribution >= 0.6 is 0 Å². The van der Waals surface area contributed by atoms with Gasteiger partial charge in [-0.2, -0.15) is 0 Å². The van der Waals surface area contributed by atoms with Crippen molar-refractivity contribution >= 4 is 11.7 Å². The second-order valence-electron chi connectivity index (χ2n) is 4.10. The highest BCUT2D eigenvalue weighted by Crippen LogP contribution is 2.28. The molecule has 1 heterocycles. The summed E-state index contributed by atoms with van der Waals surface area (Å²) in [6.07, 6.45) is 1.69. The number of methoxy groups -OCH3 is 1. The summed E-state index contributed by atoms with van der Waals surface area (Å²) in [5.41, 5.74) is 1.84. The molecule has 0 radical (unpaired) electrons. The Morgan fingerprint density at radius 3 is 2.47 bits per heavy atom. The fourth-order valence-electron chi connectivity index (χ4n) is 1.96. The molecule has 2 aromatic rings. The van der Waals surface area contributed by atoms with Crippen LogP contribution < -0.4 is 4.74 Å². The van der Waals surface area contributed by atoms with Gasteiger partial charge in [0.25, 0.3) is 0 Å². The molecule has 1 aliphatic rings. The minimum atomic E-state index is 0.557. The molecule has 0 fully saturated rings. The first-order valence-electron chi connectivity index (χ1n) is 6.03. The summed E-state index contributed by atoms with van der Waals surface area (Å²) in [6, 6.07) is 17.6. The number of benzene rings is 2. The van der Waals surface area contributed by atoms with Crippen molar-refractivity contribution in [2.45, 2.75) is 0 Å². The molecular formula is C16H13NO2. The van der Waals surface area contributed by atoms with Crippen LogP contribution in [-0.2, 0) is 4.74 Å². The van der Waals surface area contributed by atoms with Crippen LogP contribution in [0.5, 0.6) is 5.75 Å². The van der Waals surface area contributed by atoms with Crippen LogP contribution in [0, 0.1) is 0 Å². The fraction of sp³-hybridized carbons (Fsp3) is 0.0625. The van der Waals surface area contributed by atoms with Crippen molar-refractivity contribution < 1.29 is 9.47 Å². The predicted molar refractivity (Wildman–Crippen MR) is 75.0 cm³/mol. The Balaban J connectivity index is 2.08. The van der Waals surface area contributed by atoms with Gasteiger partial charge >= 0.3 is 0 Å². The van der Waals surface area contributed by atoms with Gasteiger partial charge in [-0.25, -0.2) is 4.99 Å². The van der Waals surface area contributed by atoms with E-state index in [0.717, 1.165) is 16.9 Å². The topological polar surface area (TPSA) is 30.8 Å². The van der Waals surface area contributed by atoms with Crippen LogP contribution in [0.15, 0.2) is 65.8 Å². The van der Waals surface area contributed by atoms with Crippen molar-refractivity contribution in [3.05, 3.63) is 71.9 Å². The lowest BCUT2D eigenvalue weighted by molar-refractivity contribution is 0.403. The lowest BCUT2D eigenvalue weighted by atomic mass is 10.2. The maximum Gasteiger partial charge on any atom is 0.224 e. The highest BCUT2D eigenvalue weighted by molar-refractivity contribution is 5.98. The van der Waals surface area contributed by atoms with Crippen LogP contribution in [0.4, 0.5) is 0 Å². The zero-order valence-electron chi connectivity index (χ0n) is 10.5. The quantitative estimate of drug-likeness (QED) is 0.777. The maximum atomic E-state index is 5.94. The number of fused-ring (bicyclic) bond motifs is 1. The Bertz CT molecular complexity index is 645. The van der Waals surface area contributed by atoms with Gasteiger partial charge in [0.1, 0.15) is 5.75 Å². The smallest absolute Gasteiger partial charge is 0.224 e. The van der Waals surface area contributed by atoms with E-state index in [1.165, 1.54) is 0 Å². The first-order chi connectivity index (χ1) is 9.38. The molecule has 0 spiro atoms. The number of aliphatic imine (C=N–C) groups is 1. The number of nitrogens with zero attached hydrogens (tertiary/aromatic N) is 1. The van der Waals surface area contributed by atoms with Crippen molar-refractivity contribution in [1.29, 1.82) is 0 Å². The van der Waals surface area contributed by atoms with Gasteiger partial charge in [0.05, 0.1) is 18.9 Å². The Morgan fingerprint density at radius 1 is 0.947 bits per heavy atom. The summed E-state index contributed by atoms with van der Waals surface area (Å²) < 4.78 is 11.2. The SMILES string of the molecule is COC1=NC=C(c2ccccc2)Oc2ccccc21. The van der Waals surface area contributed by atoms with E-state index in [1.54, 1.807) is 13.3 Å². The largest absolute Gasteiger partial charge is 0.480 e. The predicted octanol–water partition coefficient (Wildman–Crippen LogP) is 3.47. The number of ether oxygens (including phenoxy) is 2. The summed E-state index contributed by atoms with van der Waals surface area (Å²) in [5.74, 6) is 2.01. The Labute approximate surface area is 111 Å². The normalized spacial score (nSPS) is 13.5. The van der Waals surface area contributed by atoms with E-state index in [1.807, 2.05) is 54.6 Å². The molecule has 0 saturated heterocycles. The van der Waals surface area contributed by atoms with Crippen LogP contribution in [0.25, 0.3) is 5.76 Å². The van der Waals surface area contributed by atoms with E-state index < -0.39 is 0 Å². The van der Waals surface area contributed by atoms with E-state index in [2.05, 4.69) is 4.99 Å². The Morgan fingerprint density at radius 2 is 1.68 bits per heavy atom. The van der Waals surface area contributed by atoms with Gasteiger partial charge < -0.3 is 9.47 Å². The molecule has 0 atom stereocenters. The number of rotatable bonds is 1. The monoisotopic (exact) mass is 251 g/mol. The van der Waals surface area contributed by atoms with Crippen LogP contribution in [0.1, 0.15) is 11.1 Å². The average Bonchev–Trinajstić information content (AvgIpc) is 2.67. The summed E-state index contributed by atoms with van der Waals surface area (Å²) in [6.45, 7) is 0. The third kappa shape index (κ3) is 2.22. The van der Waals surface area contributed by atoms with E-state index in [4.69, 9.17) is 9.47 Å². The molecular weight excluding hydrogens is 238 g/mol. The van der Waals surface area contributed by atoms with Gasteiger partial charge in [0, 0.05) is 5.56 Å². The van der Waals surface area contributed by atoms with Crippen molar-refractivity contribution in [2.24, 2.45) is 4.99 Å². The summed E-state index contributed by atoms with van der Waals surface area (Å²) >= 11 is 0. The first-order valence-corrected chi connectivity index (χ1v) is 6.03. The van der Waals surface area contributed by atoms with Gasteiger partial charge in [-0.1, -0.05) is 42.5 Å². The fourth-order valence-corrected chi connectivity index (χ4v) is 1.96. The van der Waals surface area contributed by atoms with Gasteiger partial charge in [-0.05, 0) is 12.1 Å². The van der Waals surface area contributed by atoms with E-state index in [-0.39, 0.29) is 0 Å². The molecule has 2 aromatic carbocycles. The number of hydrogen-bond donors (Lipinski definition) is 0. The lowest BCUT2D eigenvalue weighted by Crippen LogP contribution is -2.03. The maximum absolute atomic E-state index is 5.94. The Kier molecular flexibility index (Phi) is 3.02. The first kappa shape index (κ1) is 11.5. The summed E-state index contributed by atoms with van der Waals surface area (Å²) in [7, 11) is 1.61. The molecule has 0 aromatic heterocycles. The lowest BCUT2D eigenvalue weighted by Gasteiger charge is -2.10. The third-order valence-corrected chi connectivity index (χ3v) is 2.89. The van der Waals surface area contributed by atoms with Gasteiger partial charge in [-0.3, -0.25) is 0 Å². The molecule has 94 valence electrons. The number of hydrogen-bond acceptors (Lipinski definition) is 3. The van der Waals surface area contributed by atoms with Crippen molar-refractivity contribution in [2.75, 3.05) is 7.11 Å². The molecule has 3 nitrogen and oxygen atoms in total. The van der Waals surface area contributed by atoms with Crippen LogP contribution in [0.3, 0.4) is 0 Å². The van der Waals surface area contributed by atoms with E-state index >= 15 is 0 Å². The second kappa shape index (κ2) is 4.98. The van der Waals surface area contributed by atoms with Crippen LogP contribution in [0.2, 0.25) is 0 Å². The number of para-hydroxylation sites is 1. The molecule has 3 rings (SSSR count). The minimum absolute atomic E-state index is 0.557. The zero-order chi connectivity index (χ0) is 13.1. The Hall–Kier alpha value is -2.55. The average molecular weight is 251 g/mol. The summed E-state index contributed by atoms with van der Waals surface area (Å²) in [4.78, 5) is 4.35. The molecule has 19 heavy (non-hydrogen) atoms. The van der Waals surface area contributed by atoms with E-state index in [9.17, 15) is 0 Å².